The molecule has 212 valence electrons. The van der Waals surface area contributed by atoms with Crippen LogP contribution in [0.15, 0.2) is 71.5 Å². The first-order valence-corrected chi connectivity index (χ1v) is 14.5. The van der Waals surface area contributed by atoms with Crippen LogP contribution in [0.1, 0.15) is 67.8 Å². The molecule has 2 aromatic heterocycles. The van der Waals surface area contributed by atoms with E-state index in [0.717, 1.165) is 80.0 Å². The maximum absolute atomic E-state index is 9.73. The molecule has 2 aliphatic heterocycles. The SMILES string of the molecule is CC(OC1CCCCO1)c1nccn1Cc1cc(-c2ccc(C#Cc3ccc(N4CCC(O)CC4)cc3)cc2)on1. The van der Waals surface area contributed by atoms with Gasteiger partial charge in [0, 0.05) is 60.5 Å². The van der Waals surface area contributed by atoms with E-state index in [2.05, 4.69) is 51.1 Å². The Morgan fingerprint density at radius 1 is 1.00 bits per heavy atom. The number of hydrogen-bond donors (Lipinski definition) is 1. The Hall–Kier alpha value is -3.90. The number of rotatable bonds is 7. The van der Waals surface area contributed by atoms with Crippen LogP contribution in [0.25, 0.3) is 11.3 Å². The van der Waals surface area contributed by atoms with Gasteiger partial charge in [-0.3, -0.25) is 0 Å². The van der Waals surface area contributed by atoms with Gasteiger partial charge >= 0.3 is 0 Å². The van der Waals surface area contributed by atoms with Gasteiger partial charge in [-0.2, -0.15) is 0 Å². The summed E-state index contributed by atoms with van der Waals surface area (Å²) >= 11 is 0. The summed E-state index contributed by atoms with van der Waals surface area (Å²) in [4.78, 5) is 6.83. The number of hydrogen-bond acceptors (Lipinski definition) is 7. The second-order valence-electron chi connectivity index (χ2n) is 10.8. The Morgan fingerprint density at radius 3 is 2.44 bits per heavy atom. The van der Waals surface area contributed by atoms with Crippen molar-refractivity contribution >= 4 is 5.69 Å². The molecule has 6 rings (SSSR count). The Labute approximate surface area is 240 Å². The first-order valence-electron chi connectivity index (χ1n) is 14.5. The molecule has 2 unspecified atom stereocenters. The molecule has 1 N–H and O–H groups in total. The zero-order valence-corrected chi connectivity index (χ0v) is 23.4. The molecule has 41 heavy (non-hydrogen) atoms. The Morgan fingerprint density at radius 2 is 1.73 bits per heavy atom. The minimum Gasteiger partial charge on any atom is -0.393 e. The van der Waals surface area contributed by atoms with Gasteiger partial charge in [0.2, 0.25) is 0 Å². The van der Waals surface area contributed by atoms with E-state index >= 15 is 0 Å². The van der Waals surface area contributed by atoms with Crippen LogP contribution in [0.5, 0.6) is 0 Å². The van der Waals surface area contributed by atoms with Gasteiger partial charge in [0.25, 0.3) is 0 Å². The molecule has 8 heteroatoms. The molecule has 4 aromatic rings. The number of nitrogens with zero attached hydrogens (tertiary/aromatic N) is 4. The number of imidazole rings is 1. The zero-order valence-electron chi connectivity index (χ0n) is 23.4. The molecule has 0 radical (unpaired) electrons. The third-order valence-corrected chi connectivity index (χ3v) is 7.71. The fourth-order valence-corrected chi connectivity index (χ4v) is 5.36. The van der Waals surface area contributed by atoms with Crippen molar-refractivity contribution in [2.24, 2.45) is 0 Å². The Balaban J connectivity index is 1.06. The normalized spacial score (nSPS) is 18.6. The largest absolute Gasteiger partial charge is 0.393 e. The van der Waals surface area contributed by atoms with Gasteiger partial charge in [0.15, 0.2) is 12.1 Å². The number of anilines is 1. The molecule has 2 saturated heterocycles. The van der Waals surface area contributed by atoms with Crippen LogP contribution in [-0.2, 0) is 16.0 Å². The van der Waals surface area contributed by atoms with Crippen molar-refractivity contribution in [1.82, 2.24) is 14.7 Å². The maximum atomic E-state index is 9.73. The summed E-state index contributed by atoms with van der Waals surface area (Å²) < 4.78 is 19.5. The van der Waals surface area contributed by atoms with Crippen molar-refractivity contribution < 1.29 is 19.1 Å². The highest BCUT2D eigenvalue weighted by Crippen LogP contribution is 2.25. The number of aliphatic hydroxyl groups excluding tert-OH is 1. The van der Waals surface area contributed by atoms with Crippen LogP contribution in [0, 0.1) is 11.8 Å². The summed E-state index contributed by atoms with van der Waals surface area (Å²) in [6, 6.07) is 18.3. The van der Waals surface area contributed by atoms with Gasteiger partial charge in [-0.05, 0) is 87.6 Å². The fourth-order valence-electron chi connectivity index (χ4n) is 5.36. The van der Waals surface area contributed by atoms with Crippen molar-refractivity contribution in [2.45, 2.75) is 64.1 Å². The minimum atomic E-state index is -0.185. The van der Waals surface area contributed by atoms with E-state index in [1.807, 2.05) is 48.0 Å². The highest BCUT2D eigenvalue weighted by Gasteiger charge is 2.21. The van der Waals surface area contributed by atoms with E-state index in [-0.39, 0.29) is 18.5 Å². The van der Waals surface area contributed by atoms with Crippen molar-refractivity contribution in [3.05, 3.63) is 89.6 Å². The van der Waals surface area contributed by atoms with E-state index < -0.39 is 0 Å². The Kier molecular flexibility index (Phi) is 8.47. The molecule has 0 spiro atoms. The molecular formula is C33H36N4O4. The zero-order chi connectivity index (χ0) is 28.0. The molecular weight excluding hydrogens is 516 g/mol. The summed E-state index contributed by atoms with van der Waals surface area (Å²) in [6.45, 7) is 5.08. The van der Waals surface area contributed by atoms with E-state index in [0.29, 0.717) is 12.3 Å². The van der Waals surface area contributed by atoms with Crippen LogP contribution in [0.2, 0.25) is 0 Å². The van der Waals surface area contributed by atoms with Crippen LogP contribution < -0.4 is 4.90 Å². The molecule has 0 bridgehead atoms. The third kappa shape index (κ3) is 6.88. The maximum Gasteiger partial charge on any atom is 0.167 e. The number of aromatic nitrogens is 3. The van der Waals surface area contributed by atoms with Gasteiger partial charge in [-0.1, -0.05) is 17.0 Å². The summed E-state index contributed by atoms with van der Waals surface area (Å²) in [5, 5.41) is 14.0. The lowest BCUT2D eigenvalue weighted by atomic mass is 10.1. The minimum absolute atomic E-state index is 0.166. The lowest BCUT2D eigenvalue weighted by molar-refractivity contribution is -0.188. The Bertz CT molecular complexity index is 1470. The first kappa shape index (κ1) is 27.3. The van der Waals surface area contributed by atoms with Gasteiger partial charge in [0.05, 0.1) is 12.6 Å². The van der Waals surface area contributed by atoms with Crippen LogP contribution >= 0.6 is 0 Å². The van der Waals surface area contributed by atoms with E-state index in [1.54, 1.807) is 6.20 Å². The molecule has 0 aliphatic carbocycles. The molecule has 0 saturated carbocycles. The summed E-state index contributed by atoms with van der Waals surface area (Å²) in [5.41, 5.74) is 4.84. The van der Waals surface area contributed by atoms with Gasteiger partial charge in [-0.15, -0.1) is 0 Å². The van der Waals surface area contributed by atoms with Crippen LogP contribution in [0.3, 0.4) is 0 Å². The smallest absolute Gasteiger partial charge is 0.167 e. The molecule has 2 atom stereocenters. The molecule has 2 fully saturated rings. The predicted octanol–water partition coefficient (Wildman–Crippen LogP) is 5.55. The molecule has 8 nitrogen and oxygen atoms in total. The lowest BCUT2D eigenvalue weighted by Crippen LogP contribution is -2.35. The van der Waals surface area contributed by atoms with E-state index in [4.69, 9.17) is 14.0 Å². The summed E-state index contributed by atoms with van der Waals surface area (Å²) in [7, 11) is 0. The van der Waals surface area contributed by atoms with Gasteiger partial charge in [0.1, 0.15) is 17.6 Å². The quantitative estimate of drug-likeness (QED) is 0.301. The van der Waals surface area contributed by atoms with Crippen molar-refractivity contribution in [3.63, 3.8) is 0 Å². The molecule has 4 heterocycles. The number of aliphatic hydroxyl groups is 1. The van der Waals surface area contributed by atoms with Crippen molar-refractivity contribution in [3.8, 4) is 23.2 Å². The summed E-state index contributed by atoms with van der Waals surface area (Å²) in [5.74, 6) is 8.06. The van der Waals surface area contributed by atoms with Crippen molar-refractivity contribution in [2.75, 3.05) is 24.6 Å². The predicted molar refractivity (Wildman–Crippen MR) is 156 cm³/mol. The van der Waals surface area contributed by atoms with Crippen LogP contribution in [-0.4, -0.2) is 51.9 Å². The second-order valence-corrected chi connectivity index (χ2v) is 10.8. The van der Waals surface area contributed by atoms with E-state index in [9.17, 15) is 5.11 Å². The first-order chi connectivity index (χ1) is 20.1. The molecule has 2 aliphatic rings. The average molecular weight is 553 g/mol. The average Bonchev–Trinajstić information content (AvgIpc) is 3.68. The standard InChI is InChI=1S/C33H36N4O4/c1-24(40-32-4-2-3-21-39-32)33-34-17-20-37(33)23-28-22-31(41-35-28)27-11-7-25(8-12-27)5-6-26-9-13-29(14-10-26)36-18-15-30(38)16-19-36/h7-14,17,20,22,24,30,32,38H,2-4,15-16,18-19,21,23H2,1H3. The van der Waals surface area contributed by atoms with Gasteiger partial charge < -0.3 is 28.6 Å². The summed E-state index contributed by atoms with van der Waals surface area (Å²) in [6.07, 6.45) is 7.98. The number of ether oxygens (including phenoxy) is 2. The number of benzene rings is 2. The van der Waals surface area contributed by atoms with Gasteiger partial charge in [-0.25, -0.2) is 4.98 Å². The van der Waals surface area contributed by atoms with Crippen LogP contribution in [0.4, 0.5) is 5.69 Å². The second kappa shape index (κ2) is 12.7. The highest BCUT2D eigenvalue weighted by molar-refractivity contribution is 5.59. The molecule has 2 aromatic carbocycles. The van der Waals surface area contributed by atoms with E-state index in [1.165, 1.54) is 5.69 Å². The fraction of sp³-hybridized carbons (Fsp3) is 0.394. The molecule has 0 amide bonds. The lowest BCUT2D eigenvalue weighted by Gasteiger charge is -2.31. The highest BCUT2D eigenvalue weighted by atomic mass is 16.7. The number of piperidine rings is 1. The monoisotopic (exact) mass is 552 g/mol. The van der Waals surface area contributed by atoms with Crippen molar-refractivity contribution in [1.29, 1.82) is 0 Å². The topological polar surface area (TPSA) is 85.8 Å². The third-order valence-electron chi connectivity index (χ3n) is 7.71.